The van der Waals surface area contributed by atoms with E-state index in [1.165, 1.54) is 19.3 Å². The third kappa shape index (κ3) is 5.41. The Morgan fingerprint density at radius 1 is 1.26 bits per heavy atom. The average molecular weight is 318 g/mol. The lowest BCUT2D eigenvalue weighted by Gasteiger charge is -2.35. The molecule has 1 aliphatic rings. The minimum atomic E-state index is 0.0839. The second-order valence-corrected chi connectivity index (χ2v) is 6.26. The lowest BCUT2D eigenvalue weighted by atomic mass is 9.99. The van der Waals surface area contributed by atoms with E-state index in [4.69, 9.17) is 0 Å². The number of nitrogens with one attached hydrogen (secondary N) is 1. The first-order valence-electron chi connectivity index (χ1n) is 8.93. The molecule has 0 aromatic carbocycles. The molecule has 2 rings (SSSR count). The van der Waals surface area contributed by atoms with E-state index in [1.807, 2.05) is 29.3 Å². The van der Waals surface area contributed by atoms with Gasteiger partial charge in [-0.25, -0.2) is 9.78 Å². The quantitative estimate of drug-likeness (QED) is 0.840. The number of amides is 2. The van der Waals surface area contributed by atoms with E-state index in [-0.39, 0.29) is 6.03 Å². The Morgan fingerprint density at radius 3 is 2.65 bits per heavy atom. The lowest BCUT2D eigenvalue weighted by molar-refractivity contribution is 0.191. The third-order valence-corrected chi connectivity index (χ3v) is 4.63. The number of carbonyl (C=O) groups excluding carboxylic acids is 1. The molecule has 1 aromatic heterocycles. The molecule has 1 fully saturated rings. The Hall–Kier alpha value is -1.78. The summed E-state index contributed by atoms with van der Waals surface area (Å²) in [6, 6.07) is 6.04. The van der Waals surface area contributed by atoms with Crippen molar-refractivity contribution in [3.8, 4) is 0 Å². The number of anilines is 1. The fourth-order valence-electron chi connectivity index (χ4n) is 2.97. The molecule has 5 heteroatoms. The second-order valence-electron chi connectivity index (χ2n) is 6.26. The van der Waals surface area contributed by atoms with Gasteiger partial charge in [0.05, 0.1) is 0 Å². The number of carbonyl (C=O) groups is 1. The van der Waals surface area contributed by atoms with Gasteiger partial charge in [0.2, 0.25) is 0 Å². The van der Waals surface area contributed by atoms with Crippen LogP contribution in [0.3, 0.4) is 0 Å². The van der Waals surface area contributed by atoms with E-state index in [2.05, 4.69) is 29.0 Å². The number of unbranched alkanes of at least 4 members (excludes halogenated alkanes) is 1. The van der Waals surface area contributed by atoms with Crippen molar-refractivity contribution in [2.45, 2.75) is 39.5 Å². The number of nitrogens with zero attached hydrogens (tertiary/aromatic N) is 3. The summed E-state index contributed by atoms with van der Waals surface area (Å²) in [5, 5.41) is 3.12. The maximum Gasteiger partial charge on any atom is 0.317 e. The minimum Gasteiger partial charge on any atom is -0.353 e. The molecule has 0 saturated carbocycles. The van der Waals surface area contributed by atoms with Gasteiger partial charge in [-0.1, -0.05) is 39.2 Å². The molecule has 23 heavy (non-hydrogen) atoms. The maximum absolute atomic E-state index is 12.3. The lowest BCUT2D eigenvalue weighted by Crippen LogP contribution is -2.52. The number of piperazine rings is 1. The third-order valence-electron chi connectivity index (χ3n) is 4.63. The zero-order valence-electron chi connectivity index (χ0n) is 14.5. The van der Waals surface area contributed by atoms with E-state index in [0.717, 1.165) is 45.0 Å². The highest BCUT2D eigenvalue weighted by atomic mass is 16.2. The molecule has 5 nitrogen and oxygen atoms in total. The zero-order chi connectivity index (χ0) is 16.5. The van der Waals surface area contributed by atoms with Crippen molar-refractivity contribution in [1.29, 1.82) is 0 Å². The maximum atomic E-state index is 12.3. The highest BCUT2D eigenvalue weighted by Crippen LogP contribution is 2.13. The normalized spacial score (nSPS) is 16.3. The number of rotatable bonds is 7. The fourth-order valence-corrected chi connectivity index (χ4v) is 2.97. The van der Waals surface area contributed by atoms with E-state index >= 15 is 0 Å². The van der Waals surface area contributed by atoms with Crippen LogP contribution in [0.25, 0.3) is 0 Å². The van der Waals surface area contributed by atoms with Gasteiger partial charge in [0.25, 0.3) is 0 Å². The van der Waals surface area contributed by atoms with Crippen LogP contribution in [-0.2, 0) is 0 Å². The monoisotopic (exact) mass is 318 g/mol. The van der Waals surface area contributed by atoms with Gasteiger partial charge >= 0.3 is 6.03 Å². The van der Waals surface area contributed by atoms with Crippen molar-refractivity contribution in [2.24, 2.45) is 5.92 Å². The van der Waals surface area contributed by atoms with E-state index in [9.17, 15) is 4.79 Å². The number of urea groups is 1. The largest absolute Gasteiger partial charge is 0.353 e. The number of pyridine rings is 1. The van der Waals surface area contributed by atoms with Crippen molar-refractivity contribution in [1.82, 2.24) is 15.2 Å². The Balaban J connectivity index is 1.73. The van der Waals surface area contributed by atoms with Crippen molar-refractivity contribution >= 4 is 11.8 Å². The van der Waals surface area contributed by atoms with Crippen LogP contribution in [0.4, 0.5) is 10.6 Å². The summed E-state index contributed by atoms with van der Waals surface area (Å²) < 4.78 is 0. The summed E-state index contributed by atoms with van der Waals surface area (Å²) in [4.78, 5) is 20.9. The standard InChI is InChI=1S/C18H30N4O/c1-3-5-8-16(4-2)15-20-18(23)22-13-11-21(12-14-22)17-9-6-7-10-19-17/h6-7,9-10,16H,3-5,8,11-15H2,1-2H3,(H,20,23). The number of aromatic nitrogens is 1. The van der Waals surface area contributed by atoms with Gasteiger partial charge in [-0.3, -0.25) is 0 Å². The fraction of sp³-hybridized carbons (Fsp3) is 0.667. The van der Waals surface area contributed by atoms with Gasteiger partial charge in [-0.05, 0) is 24.5 Å². The van der Waals surface area contributed by atoms with Gasteiger partial charge in [0, 0.05) is 38.9 Å². The molecule has 0 radical (unpaired) electrons. The second kappa shape index (κ2) is 9.38. The van der Waals surface area contributed by atoms with Crippen LogP contribution >= 0.6 is 0 Å². The molecule has 1 aromatic rings. The first-order valence-corrected chi connectivity index (χ1v) is 8.93. The van der Waals surface area contributed by atoms with Crippen LogP contribution in [0, 0.1) is 5.92 Å². The molecule has 2 heterocycles. The molecule has 1 atom stereocenters. The van der Waals surface area contributed by atoms with Crippen LogP contribution in [0.15, 0.2) is 24.4 Å². The number of hydrogen-bond acceptors (Lipinski definition) is 3. The first kappa shape index (κ1) is 17.6. The van der Waals surface area contributed by atoms with Crippen LogP contribution < -0.4 is 10.2 Å². The molecule has 1 N–H and O–H groups in total. The summed E-state index contributed by atoms with van der Waals surface area (Å²) in [6.45, 7) is 8.43. The highest BCUT2D eigenvalue weighted by molar-refractivity contribution is 5.74. The molecular weight excluding hydrogens is 288 g/mol. The van der Waals surface area contributed by atoms with Crippen LogP contribution in [0.1, 0.15) is 39.5 Å². The molecule has 0 spiro atoms. The molecular formula is C18H30N4O. The Bertz CT molecular complexity index is 457. The molecule has 1 saturated heterocycles. The summed E-state index contributed by atoms with van der Waals surface area (Å²) in [7, 11) is 0. The molecule has 0 aliphatic carbocycles. The van der Waals surface area contributed by atoms with E-state index in [1.54, 1.807) is 0 Å². The van der Waals surface area contributed by atoms with Crippen molar-refractivity contribution in [3.63, 3.8) is 0 Å². The molecule has 128 valence electrons. The Kier molecular flexibility index (Phi) is 7.17. The summed E-state index contributed by atoms with van der Waals surface area (Å²) in [5.74, 6) is 1.60. The number of hydrogen-bond donors (Lipinski definition) is 1. The van der Waals surface area contributed by atoms with Gasteiger partial charge in [0.1, 0.15) is 5.82 Å². The van der Waals surface area contributed by atoms with Crippen molar-refractivity contribution in [2.75, 3.05) is 37.6 Å². The topological polar surface area (TPSA) is 48.5 Å². The van der Waals surface area contributed by atoms with Crippen LogP contribution in [0.2, 0.25) is 0 Å². The molecule has 1 unspecified atom stereocenters. The minimum absolute atomic E-state index is 0.0839. The predicted molar refractivity (Wildman–Crippen MR) is 94.7 cm³/mol. The molecule has 1 aliphatic heterocycles. The Labute approximate surface area is 140 Å². The zero-order valence-corrected chi connectivity index (χ0v) is 14.5. The molecule has 0 bridgehead atoms. The smallest absolute Gasteiger partial charge is 0.317 e. The van der Waals surface area contributed by atoms with Crippen LogP contribution in [-0.4, -0.2) is 48.6 Å². The highest BCUT2D eigenvalue weighted by Gasteiger charge is 2.22. The van der Waals surface area contributed by atoms with Gasteiger partial charge in [0.15, 0.2) is 0 Å². The molecule has 2 amide bonds. The van der Waals surface area contributed by atoms with E-state index in [0.29, 0.717) is 5.92 Å². The average Bonchev–Trinajstić information content (AvgIpc) is 2.62. The van der Waals surface area contributed by atoms with Gasteiger partial charge in [-0.2, -0.15) is 0 Å². The van der Waals surface area contributed by atoms with Crippen molar-refractivity contribution < 1.29 is 4.79 Å². The summed E-state index contributed by atoms with van der Waals surface area (Å²) in [6.07, 6.45) is 6.63. The Morgan fingerprint density at radius 2 is 2.04 bits per heavy atom. The van der Waals surface area contributed by atoms with Crippen LogP contribution in [0.5, 0.6) is 0 Å². The van der Waals surface area contributed by atoms with E-state index < -0.39 is 0 Å². The van der Waals surface area contributed by atoms with Gasteiger partial charge in [-0.15, -0.1) is 0 Å². The SMILES string of the molecule is CCCCC(CC)CNC(=O)N1CCN(c2ccccn2)CC1. The predicted octanol–water partition coefficient (Wildman–Crippen LogP) is 3.13. The first-order chi connectivity index (χ1) is 11.2. The summed E-state index contributed by atoms with van der Waals surface area (Å²) >= 11 is 0. The van der Waals surface area contributed by atoms with Gasteiger partial charge < -0.3 is 15.1 Å². The summed E-state index contributed by atoms with van der Waals surface area (Å²) in [5.41, 5.74) is 0. The van der Waals surface area contributed by atoms with Crippen molar-refractivity contribution in [3.05, 3.63) is 24.4 Å².